The van der Waals surface area contributed by atoms with Crippen molar-refractivity contribution in [1.82, 2.24) is 9.21 Å². The van der Waals surface area contributed by atoms with Crippen molar-refractivity contribution in [1.29, 1.82) is 0 Å². The Morgan fingerprint density at radius 3 is 2.21 bits per heavy atom. The van der Waals surface area contributed by atoms with Crippen LogP contribution in [0.1, 0.15) is 36.8 Å². The van der Waals surface area contributed by atoms with Crippen LogP contribution in [-0.2, 0) is 14.8 Å². The zero-order valence-electron chi connectivity index (χ0n) is 20.3. The number of rotatable bonds is 6. The van der Waals surface area contributed by atoms with Gasteiger partial charge in [0.25, 0.3) is 0 Å². The van der Waals surface area contributed by atoms with Crippen LogP contribution in [0.25, 0.3) is 0 Å². The highest BCUT2D eigenvalue weighted by Crippen LogP contribution is 2.26. The molecule has 0 aromatic heterocycles. The van der Waals surface area contributed by atoms with Gasteiger partial charge in [-0.15, -0.1) is 0 Å². The largest absolute Gasteiger partial charge is 0.369 e. The summed E-state index contributed by atoms with van der Waals surface area (Å²) in [5, 5.41) is 2.92. The summed E-state index contributed by atoms with van der Waals surface area (Å²) < 4.78 is 28.2. The van der Waals surface area contributed by atoms with E-state index < -0.39 is 10.0 Å². The summed E-state index contributed by atoms with van der Waals surface area (Å²) in [4.78, 5) is 17.6. The lowest BCUT2D eigenvalue weighted by Gasteiger charge is -2.36. The van der Waals surface area contributed by atoms with E-state index in [4.69, 9.17) is 0 Å². The van der Waals surface area contributed by atoms with Gasteiger partial charge in [-0.05, 0) is 56.0 Å². The van der Waals surface area contributed by atoms with Crippen LogP contribution in [-0.4, -0.2) is 69.3 Å². The standard InChI is InChI=1S/C26H36N4O3S/c1-21-9-5-6-10-24(21)29-17-15-28(16-18-29)20-26(31)27-23-12-11-22(2)25(19-23)34(32,33)30-13-7-3-4-8-14-30/h5-6,9-12,19H,3-4,7-8,13-18,20H2,1-2H3,(H,27,31). The van der Waals surface area contributed by atoms with Crippen LogP contribution in [0.4, 0.5) is 11.4 Å². The maximum absolute atomic E-state index is 13.3. The van der Waals surface area contributed by atoms with E-state index in [1.165, 1.54) is 11.3 Å². The zero-order valence-corrected chi connectivity index (χ0v) is 21.1. The molecule has 2 heterocycles. The molecule has 0 atom stereocenters. The maximum Gasteiger partial charge on any atom is 0.243 e. The number of nitrogens with one attached hydrogen (secondary N) is 1. The Kier molecular flexibility index (Phi) is 7.91. The number of piperazine rings is 1. The number of nitrogens with zero attached hydrogens (tertiary/aromatic N) is 3. The zero-order chi connectivity index (χ0) is 24.1. The number of para-hydroxylation sites is 1. The van der Waals surface area contributed by atoms with Gasteiger partial charge < -0.3 is 10.2 Å². The first kappa shape index (κ1) is 24.7. The normalized spacial score (nSPS) is 18.5. The molecule has 2 aromatic carbocycles. The molecule has 0 bridgehead atoms. The Morgan fingerprint density at radius 1 is 0.853 bits per heavy atom. The molecular formula is C26H36N4O3S. The molecule has 2 aromatic rings. The molecule has 2 saturated heterocycles. The molecule has 2 aliphatic heterocycles. The fourth-order valence-electron chi connectivity index (χ4n) is 4.85. The topological polar surface area (TPSA) is 73.0 Å². The average molecular weight is 485 g/mol. The number of hydrogen-bond acceptors (Lipinski definition) is 5. The molecule has 184 valence electrons. The van der Waals surface area contributed by atoms with Crippen molar-refractivity contribution < 1.29 is 13.2 Å². The van der Waals surface area contributed by atoms with Gasteiger partial charge in [-0.1, -0.05) is 37.1 Å². The second-order valence-electron chi connectivity index (χ2n) is 9.40. The van der Waals surface area contributed by atoms with E-state index in [-0.39, 0.29) is 5.91 Å². The molecule has 0 radical (unpaired) electrons. The third-order valence-corrected chi connectivity index (χ3v) is 8.89. The fourth-order valence-corrected chi connectivity index (χ4v) is 6.61. The Labute approximate surface area is 203 Å². The predicted octanol–water partition coefficient (Wildman–Crippen LogP) is 3.63. The number of aryl methyl sites for hydroxylation is 2. The van der Waals surface area contributed by atoms with Crippen LogP contribution < -0.4 is 10.2 Å². The van der Waals surface area contributed by atoms with Gasteiger partial charge in [-0.2, -0.15) is 4.31 Å². The van der Waals surface area contributed by atoms with Crippen molar-refractivity contribution in [2.45, 2.75) is 44.4 Å². The van der Waals surface area contributed by atoms with E-state index in [9.17, 15) is 13.2 Å². The van der Waals surface area contributed by atoms with Gasteiger partial charge in [-0.3, -0.25) is 9.69 Å². The third kappa shape index (κ3) is 5.79. The number of amides is 1. The predicted molar refractivity (Wildman–Crippen MR) is 137 cm³/mol. The smallest absolute Gasteiger partial charge is 0.243 e. The fraction of sp³-hybridized carbons (Fsp3) is 0.500. The van der Waals surface area contributed by atoms with E-state index in [2.05, 4.69) is 46.3 Å². The van der Waals surface area contributed by atoms with Crippen molar-refractivity contribution in [3.8, 4) is 0 Å². The molecule has 0 aliphatic carbocycles. The lowest BCUT2D eigenvalue weighted by molar-refractivity contribution is -0.117. The Bertz CT molecular complexity index is 1100. The summed E-state index contributed by atoms with van der Waals surface area (Å²) >= 11 is 0. The van der Waals surface area contributed by atoms with Gasteiger partial charge >= 0.3 is 0 Å². The molecule has 1 N–H and O–H groups in total. The lowest BCUT2D eigenvalue weighted by Crippen LogP contribution is -2.48. The number of benzene rings is 2. The van der Waals surface area contributed by atoms with Crippen LogP contribution in [0.3, 0.4) is 0 Å². The van der Waals surface area contributed by atoms with Crippen molar-refractivity contribution in [2.24, 2.45) is 0 Å². The number of carbonyl (C=O) groups is 1. The first-order chi connectivity index (χ1) is 16.3. The molecule has 2 aliphatic rings. The Morgan fingerprint density at radius 2 is 1.53 bits per heavy atom. The minimum absolute atomic E-state index is 0.119. The maximum atomic E-state index is 13.3. The Balaban J connectivity index is 1.36. The summed E-state index contributed by atoms with van der Waals surface area (Å²) in [6, 6.07) is 13.6. The molecule has 0 saturated carbocycles. The molecule has 7 nitrogen and oxygen atoms in total. The third-order valence-electron chi connectivity index (χ3n) is 6.85. The van der Waals surface area contributed by atoms with Gasteiger partial charge in [0.1, 0.15) is 0 Å². The average Bonchev–Trinajstić information content (AvgIpc) is 3.11. The molecule has 0 unspecified atom stereocenters. The summed E-state index contributed by atoms with van der Waals surface area (Å²) in [7, 11) is -3.57. The van der Waals surface area contributed by atoms with Crippen LogP contribution in [0, 0.1) is 13.8 Å². The van der Waals surface area contributed by atoms with Crippen molar-refractivity contribution in [3.05, 3.63) is 53.6 Å². The number of carbonyl (C=O) groups excluding carboxylic acids is 1. The summed E-state index contributed by atoms with van der Waals surface area (Å²) in [6.07, 6.45) is 3.93. The molecule has 1 amide bonds. The molecular weight excluding hydrogens is 448 g/mol. The van der Waals surface area contributed by atoms with E-state index in [0.717, 1.165) is 51.9 Å². The van der Waals surface area contributed by atoms with Crippen LogP contribution in [0.2, 0.25) is 0 Å². The minimum Gasteiger partial charge on any atom is -0.369 e. The molecule has 34 heavy (non-hydrogen) atoms. The SMILES string of the molecule is Cc1ccccc1N1CCN(CC(=O)Nc2ccc(C)c(S(=O)(=O)N3CCCCCC3)c2)CC1. The molecule has 0 spiro atoms. The molecule has 4 rings (SSSR count). The Hall–Kier alpha value is -2.42. The number of hydrogen-bond donors (Lipinski definition) is 1. The van der Waals surface area contributed by atoms with E-state index >= 15 is 0 Å². The number of anilines is 2. The first-order valence-electron chi connectivity index (χ1n) is 12.3. The number of sulfonamides is 1. The van der Waals surface area contributed by atoms with Gasteiger partial charge in [0, 0.05) is 50.6 Å². The van der Waals surface area contributed by atoms with E-state index in [0.29, 0.717) is 35.8 Å². The summed E-state index contributed by atoms with van der Waals surface area (Å²) in [6.45, 7) is 8.72. The van der Waals surface area contributed by atoms with Crippen LogP contribution in [0.15, 0.2) is 47.4 Å². The summed E-state index contributed by atoms with van der Waals surface area (Å²) in [5.41, 5.74) is 3.75. The molecule has 8 heteroatoms. The van der Waals surface area contributed by atoms with Gasteiger partial charge in [0.2, 0.25) is 15.9 Å². The monoisotopic (exact) mass is 484 g/mol. The first-order valence-corrected chi connectivity index (χ1v) is 13.7. The van der Waals surface area contributed by atoms with Crippen molar-refractivity contribution >= 4 is 27.3 Å². The highest BCUT2D eigenvalue weighted by Gasteiger charge is 2.27. The van der Waals surface area contributed by atoms with Crippen LogP contribution in [0.5, 0.6) is 0 Å². The lowest BCUT2D eigenvalue weighted by atomic mass is 10.1. The minimum atomic E-state index is -3.57. The second-order valence-corrected chi connectivity index (χ2v) is 11.3. The van der Waals surface area contributed by atoms with Crippen molar-refractivity contribution in [3.63, 3.8) is 0 Å². The molecule has 2 fully saturated rings. The highest BCUT2D eigenvalue weighted by molar-refractivity contribution is 7.89. The van der Waals surface area contributed by atoms with Crippen molar-refractivity contribution in [2.75, 3.05) is 56.0 Å². The van der Waals surface area contributed by atoms with Crippen LogP contribution >= 0.6 is 0 Å². The van der Waals surface area contributed by atoms with Gasteiger partial charge in [0.05, 0.1) is 11.4 Å². The van der Waals surface area contributed by atoms with Gasteiger partial charge in [0.15, 0.2) is 0 Å². The quantitative estimate of drug-likeness (QED) is 0.678. The van der Waals surface area contributed by atoms with E-state index in [1.807, 2.05) is 6.92 Å². The van der Waals surface area contributed by atoms with Gasteiger partial charge in [-0.25, -0.2) is 8.42 Å². The van der Waals surface area contributed by atoms with E-state index in [1.54, 1.807) is 22.5 Å². The second kappa shape index (κ2) is 10.9. The highest BCUT2D eigenvalue weighted by atomic mass is 32.2. The summed E-state index contributed by atoms with van der Waals surface area (Å²) in [5.74, 6) is -0.119.